The topological polar surface area (TPSA) is 116 Å². The zero-order valence-corrected chi connectivity index (χ0v) is 17.1. The monoisotopic (exact) mass is 471 g/mol. The van der Waals surface area contributed by atoms with Crippen LogP contribution < -0.4 is 10.6 Å². The maximum absolute atomic E-state index is 14.0. The van der Waals surface area contributed by atoms with E-state index in [1.54, 1.807) is 24.3 Å². The maximum Gasteiger partial charge on any atom is 0.416 e. The molecule has 32 heavy (non-hydrogen) atoms. The summed E-state index contributed by atoms with van der Waals surface area (Å²) in [6.45, 7) is -1.29. The van der Waals surface area contributed by atoms with E-state index in [9.17, 15) is 35.6 Å². The summed E-state index contributed by atoms with van der Waals surface area (Å²) in [5, 5.41) is 10.9. The number of carbonyl (C=O) groups is 2. The number of rotatable bonds is 8. The van der Waals surface area contributed by atoms with Gasteiger partial charge < -0.3 is 10.6 Å². The van der Waals surface area contributed by atoms with Gasteiger partial charge >= 0.3 is 6.18 Å². The fourth-order valence-electron chi connectivity index (χ4n) is 2.68. The van der Waals surface area contributed by atoms with Crippen molar-refractivity contribution in [1.29, 1.82) is 5.26 Å². The van der Waals surface area contributed by atoms with Crippen LogP contribution in [-0.2, 0) is 26.6 Å². The van der Waals surface area contributed by atoms with E-state index in [-0.39, 0.29) is 5.56 Å². The molecule has 0 fully saturated rings. The molecule has 1 unspecified atom stereocenters. The van der Waals surface area contributed by atoms with Gasteiger partial charge in [-0.15, -0.1) is 0 Å². The Morgan fingerprint density at radius 1 is 1.06 bits per heavy atom. The molecule has 0 radical (unpaired) electrons. The number of benzene rings is 2. The van der Waals surface area contributed by atoms with Crippen molar-refractivity contribution < 1.29 is 35.6 Å². The minimum absolute atomic E-state index is 0.171. The van der Waals surface area contributed by atoms with Crippen molar-refractivity contribution in [2.45, 2.75) is 17.2 Å². The SMILES string of the molecule is N#CCNC(=O)C(CNC(=O)c1ccccc1)S(=O)(=O)Cc1cc(C(F)(F)F)ccc1F. The normalized spacial score (nSPS) is 12.5. The van der Waals surface area contributed by atoms with Crippen LogP contribution in [0.25, 0.3) is 0 Å². The van der Waals surface area contributed by atoms with E-state index in [1.165, 1.54) is 12.1 Å². The number of hydrogen-bond donors (Lipinski definition) is 2. The smallest absolute Gasteiger partial charge is 0.350 e. The molecule has 0 aliphatic rings. The van der Waals surface area contributed by atoms with E-state index < -0.39 is 68.9 Å². The van der Waals surface area contributed by atoms with Gasteiger partial charge in [0.05, 0.1) is 17.4 Å². The summed E-state index contributed by atoms with van der Waals surface area (Å²) >= 11 is 0. The highest BCUT2D eigenvalue weighted by molar-refractivity contribution is 7.92. The lowest BCUT2D eigenvalue weighted by Gasteiger charge is -2.18. The van der Waals surface area contributed by atoms with E-state index in [2.05, 4.69) is 5.32 Å². The van der Waals surface area contributed by atoms with Gasteiger partial charge in [-0.2, -0.15) is 18.4 Å². The molecule has 0 saturated carbocycles. The molecule has 1 atom stereocenters. The van der Waals surface area contributed by atoms with Crippen LogP contribution in [0.5, 0.6) is 0 Å². The summed E-state index contributed by atoms with van der Waals surface area (Å²) in [6.07, 6.45) is -4.83. The Labute approximate surface area is 181 Å². The minimum atomic E-state index is -4.83. The van der Waals surface area contributed by atoms with Gasteiger partial charge in [0.1, 0.15) is 12.4 Å². The number of sulfone groups is 1. The molecule has 0 aliphatic carbocycles. The summed E-state index contributed by atoms with van der Waals surface area (Å²) < 4.78 is 78.4. The lowest BCUT2D eigenvalue weighted by atomic mass is 10.1. The number of halogens is 4. The van der Waals surface area contributed by atoms with Gasteiger partial charge in [0.2, 0.25) is 5.91 Å². The molecule has 0 aromatic heterocycles. The van der Waals surface area contributed by atoms with Crippen LogP contribution in [-0.4, -0.2) is 38.6 Å². The second kappa shape index (κ2) is 10.2. The molecule has 0 heterocycles. The van der Waals surface area contributed by atoms with Crippen molar-refractivity contribution in [3.63, 3.8) is 0 Å². The molecule has 0 spiro atoms. The van der Waals surface area contributed by atoms with Gasteiger partial charge in [0.25, 0.3) is 5.91 Å². The third kappa shape index (κ3) is 6.52. The first kappa shape index (κ1) is 24.8. The second-order valence-electron chi connectivity index (χ2n) is 6.55. The summed E-state index contributed by atoms with van der Waals surface area (Å²) in [5.41, 5.74) is -1.87. The maximum atomic E-state index is 14.0. The summed E-state index contributed by atoms with van der Waals surface area (Å²) in [5.74, 6) is -4.29. The first-order valence-corrected chi connectivity index (χ1v) is 10.7. The molecule has 0 aliphatic heterocycles. The number of nitriles is 1. The van der Waals surface area contributed by atoms with Crippen molar-refractivity contribution in [1.82, 2.24) is 10.6 Å². The Morgan fingerprint density at radius 3 is 2.31 bits per heavy atom. The molecule has 2 aromatic carbocycles. The predicted molar refractivity (Wildman–Crippen MR) is 105 cm³/mol. The van der Waals surface area contributed by atoms with Crippen LogP contribution in [0.4, 0.5) is 17.6 Å². The fraction of sp³-hybridized carbons (Fsp3) is 0.250. The zero-order chi connectivity index (χ0) is 23.9. The summed E-state index contributed by atoms with van der Waals surface area (Å²) in [6, 6.07) is 10.5. The van der Waals surface area contributed by atoms with E-state index in [1.807, 2.05) is 5.32 Å². The quantitative estimate of drug-likeness (QED) is 0.452. The molecule has 12 heteroatoms. The van der Waals surface area contributed by atoms with Gasteiger partial charge in [-0.3, -0.25) is 9.59 Å². The third-order valence-electron chi connectivity index (χ3n) is 4.28. The molecule has 2 rings (SSSR count). The molecular weight excluding hydrogens is 454 g/mol. The molecule has 2 N–H and O–H groups in total. The van der Waals surface area contributed by atoms with Gasteiger partial charge in [0, 0.05) is 17.7 Å². The molecule has 2 aromatic rings. The zero-order valence-electron chi connectivity index (χ0n) is 16.3. The highest BCUT2D eigenvalue weighted by Gasteiger charge is 2.35. The van der Waals surface area contributed by atoms with Crippen LogP contribution >= 0.6 is 0 Å². The van der Waals surface area contributed by atoms with Crippen molar-refractivity contribution in [2.24, 2.45) is 0 Å². The molecular formula is C20H17F4N3O4S. The number of nitrogens with zero attached hydrogens (tertiary/aromatic N) is 1. The second-order valence-corrected chi connectivity index (χ2v) is 8.74. The summed E-state index contributed by atoms with van der Waals surface area (Å²) in [4.78, 5) is 24.5. The van der Waals surface area contributed by atoms with Crippen LogP contribution in [0.1, 0.15) is 21.5 Å². The van der Waals surface area contributed by atoms with E-state index in [0.29, 0.717) is 18.2 Å². The molecule has 7 nitrogen and oxygen atoms in total. The number of alkyl halides is 3. The van der Waals surface area contributed by atoms with Crippen LogP contribution in [0.15, 0.2) is 48.5 Å². The van der Waals surface area contributed by atoms with Gasteiger partial charge in [-0.05, 0) is 30.3 Å². The lowest BCUT2D eigenvalue weighted by molar-refractivity contribution is -0.137. The van der Waals surface area contributed by atoms with Gasteiger partial charge in [0.15, 0.2) is 15.1 Å². The van der Waals surface area contributed by atoms with Gasteiger partial charge in [-0.1, -0.05) is 18.2 Å². The Bertz CT molecular complexity index is 1130. The first-order chi connectivity index (χ1) is 15.0. The highest BCUT2D eigenvalue weighted by atomic mass is 32.2. The van der Waals surface area contributed by atoms with Crippen LogP contribution in [0, 0.1) is 17.1 Å². The lowest BCUT2D eigenvalue weighted by Crippen LogP contribution is -2.47. The minimum Gasteiger partial charge on any atom is -0.350 e. The average molecular weight is 471 g/mol. The first-order valence-electron chi connectivity index (χ1n) is 9.01. The summed E-state index contributed by atoms with van der Waals surface area (Å²) in [7, 11) is -4.61. The van der Waals surface area contributed by atoms with E-state index >= 15 is 0 Å². The highest BCUT2D eigenvalue weighted by Crippen LogP contribution is 2.31. The number of hydrogen-bond acceptors (Lipinski definition) is 5. The van der Waals surface area contributed by atoms with E-state index in [4.69, 9.17) is 5.26 Å². The van der Waals surface area contributed by atoms with Crippen molar-refractivity contribution in [3.05, 3.63) is 71.0 Å². The number of carbonyl (C=O) groups excluding carboxylic acids is 2. The van der Waals surface area contributed by atoms with Gasteiger partial charge in [-0.25, -0.2) is 12.8 Å². The Hall–Kier alpha value is -3.46. The standard InChI is InChI=1S/C20H17F4N3O4S/c21-16-7-6-15(20(22,23)24)10-14(16)12-32(30,31)17(19(29)26-9-8-25)11-27-18(28)13-4-2-1-3-5-13/h1-7,10,17H,9,11-12H2,(H,26,29)(H,27,28). The Morgan fingerprint density at radius 2 is 1.72 bits per heavy atom. The number of amides is 2. The molecule has 2 amide bonds. The largest absolute Gasteiger partial charge is 0.416 e. The van der Waals surface area contributed by atoms with Crippen LogP contribution in [0.3, 0.4) is 0 Å². The Kier molecular flexibility index (Phi) is 7.93. The van der Waals surface area contributed by atoms with E-state index in [0.717, 1.165) is 0 Å². The van der Waals surface area contributed by atoms with Crippen molar-refractivity contribution in [2.75, 3.05) is 13.1 Å². The molecule has 0 saturated heterocycles. The van der Waals surface area contributed by atoms with Crippen molar-refractivity contribution >= 4 is 21.7 Å². The number of nitrogens with one attached hydrogen (secondary N) is 2. The predicted octanol–water partition coefficient (Wildman–Crippen LogP) is 2.20. The Balaban J connectivity index is 2.30. The average Bonchev–Trinajstić information content (AvgIpc) is 2.73. The van der Waals surface area contributed by atoms with Crippen molar-refractivity contribution in [3.8, 4) is 6.07 Å². The third-order valence-corrected chi connectivity index (χ3v) is 6.24. The van der Waals surface area contributed by atoms with Crippen LogP contribution in [0.2, 0.25) is 0 Å². The fourth-order valence-corrected chi connectivity index (χ4v) is 4.28. The molecule has 0 bridgehead atoms. The molecule has 170 valence electrons.